The van der Waals surface area contributed by atoms with E-state index in [1.54, 1.807) is 0 Å². The molecule has 0 amide bonds. The molecule has 2 aliphatic rings. The summed E-state index contributed by atoms with van der Waals surface area (Å²) in [6.45, 7) is 4.29. The van der Waals surface area contributed by atoms with Crippen LogP contribution in [0.15, 0.2) is 24.3 Å². The predicted octanol–water partition coefficient (Wildman–Crippen LogP) is 8.07. The molecule has 37 heavy (non-hydrogen) atoms. The van der Waals surface area contributed by atoms with Crippen LogP contribution in [0.1, 0.15) is 93.5 Å². The molecule has 2 aromatic rings. The molecular formula is C29H35F5O3. The Balaban J connectivity index is 1.34. The lowest BCUT2D eigenvalue weighted by atomic mass is 9.90. The molecule has 0 bridgehead atoms. The maximum Gasteiger partial charge on any atom is 0.200 e. The Morgan fingerprint density at radius 3 is 2.11 bits per heavy atom. The van der Waals surface area contributed by atoms with Gasteiger partial charge in [0.25, 0.3) is 0 Å². The van der Waals surface area contributed by atoms with Gasteiger partial charge in [0.05, 0.1) is 32.0 Å². The molecule has 0 aromatic heterocycles. The van der Waals surface area contributed by atoms with E-state index < -0.39 is 35.0 Å². The van der Waals surface area contributed by atoms with Crippen LogP contribution in [0.2, 0.25) is 0 Å². The van der Waals surface area contributed by atoms with Crippen molar-refractivity contribution in [2.75, 3.05) is 19.8 Å². The molecule has 204 valence electrons. The van der Waals surface area contributed by atoms with Gasteiger partial charge in [-0.3, -0.25) is 0 Å². The minimum atomic E-state index is -1.87. The first-order valence-corrected chi connectivity index (χ1v) is 13.3. The number of ether oxygens (including phenoxy) is 3. The van der Waals surface area contributed by atoms with Gasteiger partial charge in [-0.05, 0) is 56.2 Å². The first kappa shape index (κ1) is 27.8. The van der Waals surface area contributed by atoms with E-state index in [0.29, 0.717) is 19.4 Å². The topological polar surface area (TPSA) is 27.7 Å². The first-order chi connectivity index (χ1) is 17.8. The fourth-order valence-corrected chi connectivity index (χ4v) is 5.27. The highest BCUT2D eigenvalue weighted by molar-refractivity contribution is 5.34. The van der Waals surface area contributed by atoms with Crippen molar-refractivity contribution < 1.29 is 36.2 Å². The van der Waals surface area contributed by atoms with Crippen molar-refractivity contribution in [1.29, 1.82) is 0 Å². The molecule has 2 fully saturated rings. The number of rotatable bonds is 9. The van der Waals surface area contributed by atoms with E-state index in [-0.39, 0.29) is 60.6 Å². The lowest BCUT2D eigenvalue weighted by Crippen LogP contribution is -2.25. The van der Waals surface area contributed by atoms with Gasteiger partial charge in [-0.1, -0.05) is 31.5 Å². The van der Waals surface area contributed by atoms with Crippen LogP contribution in [-0.4, -0.2) is 32.0 Å². The summed E-state index contributed by atoms with van der Waals surface area (Å²) >= 11 is 0. The molecular weight excluding hydrogens is 491 g/mol. The summed E-state index contributed by atoms with van der Waals surface area (Å²) in [5.74, 6) is -5.31. The van der Waals surface area contributed by atoms with Gasteiger partial charge >= 0.3 is 0 Å². The first-order valence-electron chi connectivity index (χ1n) is 13.3. The van der Waals surface area contributed by atoms with E-state index in [2.05, 4.69) is 6.92 Å². The number of benzene rings is 2. The van der Waals surface area contributed by atoms with E-state index in [9.17, 15) is 22.0 Å². The Bertz CT molecular complexity index is 1050. The summed E-state index contributed by atoms with van der Waals surface area (Å²) in [6, 6.07) is 5.43. The minimum absolute atomic E-state index is 0.0766. The van der Waals surface area contributed by atoms with Crippen LogP contribution < -0.4 is 4.74 Å². The maximum absolute atomic E-state index is 14.8. The Labute approximate surface area is 215 Å². The van der Waals surface area contributed by atoms with Crippen LogP contribution in [-0.2, 0) is 9.47 Å². The zero-order valence-corrected chi connectivity index (χ0v) is 21.4. The molecule has 5 unspecified atom stereocenters. The molecule has 0 radical (unpaired) electrons. The highest BCUT2D eigenvalue weighted by Crippen LogP contribution is 2.36. The van der Waals surface area contributed by atoms with Crippen LogP contribution in [0.5, 0.6) is 5.75 Å². The van der Waals surface area contributed by atoms with Crippen molar-refractivity contribution in [2.24, 2.45) is 0 Å². The van der Waals surface area contributed by atoms with Crippen LogP contribution in [0.4, 0.5) is 22.0 Å². The standard InChI is InChI=1S/C29H35F5O3/c1-3-4-20-8-7-19(16-37-20)22-11-12-25(29(34)27(22)32)35-14-13-24(30)23-10-9-21(26(31)28(23)33)18-6-5-17(2)36-15-18/h9-12,17-20,24H,3-8,13-16H2,1-2H3. The highest BCUT2D eigenvalue weighted by atomic mass is 19.2. The number of alkyl halides is 1. The van der Waals surface area contributed by atoms with Crippen molar-refractivity contribution in [3.8, 4) is 5.75 Å². The van der Waals surface area contributed by atoms with E-state index in [1.807, 2.05) is 6.92 Å². The average molecular weight is 527 g/mol. The van der Waals surface area contributed by atoms with Crippen molar-refractivity contribution in [1.82, 2.24) is 0 Å². The molecule has 0 N–H and O–H groups in total. The van der Waals surface area contributed by atoms with Crippen LogP contribution in [0.3, 0.4) is 0 Å². The Morgan fingerprint density at radius 1 is 0.838 bits per heavy atom. The van der Waals surface area contributed by atoms with Gasteiger partial charge in [-0.2, -0.15) is 4.39 Å². The van der Waals surface area contributed by atoms with Gasteiger partial charge in [0, 0.05) is 23.8 Å². The van der Waals surface area contributed by atoms with Crippen molar-refractivity contribution in [3.05, 3.63) is 64.2 Å². The van der Waals surface area contributed by atoms with Gasteiger partial charge in [-0.15, -0.1) is 0 Å². The van der Waals surface area contributed by atoms with E-state index in [0.717, 1.165) is 25.7 Å². The third-order valence-electron chi connectivity index (χ3n) is 7.55. The third kappa shape index (κ3) is 6.45. The maximum atomic E-state index is 14.8. The summed E-state index contributed by atoms with van der Waals surface area (Å²) in [7, 11) is 0. The molecule has 2 saturated heterocycles. The minimum Gasteiger partial charge on any atom is -0.490 e. The quantitative estimate of drug-likeness (QED) is 0.309. The van der Waals surface area contributed by atoms with Crippen molar-refractivity contribution in [2.45, 2.75) is 89.0 Å². The van der Waals surface area contributed by atoms with Crippen molar-refractivity contribution in [3.63, 3.8) is 0 Å². The summed E-state index contributed by atoms with van der Waals surface area (Å²) in [5, 5.41) is 0. The summed E-state index contributed by atoms with van der Waals surface area (Å²) in [4.78, 5) is 0. The van der Waals surface area contributed by atoms with Gasteiger partial charge in [0.1, 0.15) is 6.17 Å². The third-order valence-corrected chi connectivity index (χ3v) is 7.55. The molecule has 2 heterocycles. The average Bonchev–Trinajstić information content (AvgIpc) is 2.89. The SMILES string of the molecule is CCCC1CCC(c2ccc(OCCC(F)c3ccc(C4CCC(C)OC4)c(F)c3F)c(F)c2F)CO1. The Kier molecular flexibility index (Phi) is 9.46. The molecule has 0 aliphatic carbocycles. The number of hydrogen-bond acceptors (Lipinski definition) is 3. The lowest BCUT2D eigenvalue weighted by molar-refractivity contribution is -0.00185. The van der Waals surface area contributed by atoms with Gasteiger partial charge in [-0.25, -0.2) is 17.6 Å². The Hall–Kier alpha value is -2.19. The molecule has 2 aromatic carbocycles. The van der Waals surface area contributed by atoms with E-state index >= 15 is 0 Å². The van der Waals surface area contributed by atoms with Gasteiger partial charge in [0.2, 0.25) is 5.82 Å². The second kappa shape index (κ2) is 12.6. The normalized spacial score (nSPS) is 25.2. The molecule has 2 aliphatic heterocycles. The predicted molar refractivity (Wildman–Crippen MR) is 131 cm³/mol. The second-order valence-electron chi connectivity index (χ2n) is 10.2. The zero-order chi connectivity index (χ0) is 26.5. The molecule has 4 rings (SSSR count). The van der Waals surface area contributed by atoms with Crippen LogP contribution in [0, 0.1) is 23.3 Å². The summed E-state index contributed by atoms with van der Waals surface area (Å²) in [5.41, 5.74) is -0.00673. The van der Waals surface area contributed by atoms with Gasteiger partial charge < -0.3 is 14.2 Å². The fraction of sp³-hybridized carbons (Fsp3) is 0.586. The second-order valence-corrected chi connectivity index (χ2v) is 10.2. The zero-order valence-electron chi connectivity index (χ0n) is 21.4. The number of halogens is 5. The van der Waals surface area contributed by atoms with Crippen molar-refractivity contribution >= 4 is 0 Å². The van der Waals surface area contributed by atoms with Gasteiger partial charge in [0.15, 0.2) is 23.2 Å². The monoisotopic (exact) mass is 526 g/mol. The molecule has 3 nitrogen and oxygen atoms in total. The summed E-state index contributed by atoms with van der Waals surface area (Å²) < 4.78 is 90.2. The smallest absolute Gasteiger partial charge is 0.200 e. The lowest BCUT2D eigenvalue weighted by Gasteiger charge is -2.29. The molecule has 0 spiro atoms. The number of hydrogen-bond donors (Lipinski definition) is 0. The van der Waals surface area contributed by atoms with Crippen LogP contribution in [0.25, 0.3) is 0 Å². The Morgan fingerprint density at radius 2 is 1.49 bits per heavy atom. The highest BCUT2D eigenvalue weighted by Gasteiger charge is 2.29. The van der Waals surface area contributed by atoms with E-state index in [1.165, 1.54) is 24.3 Å². The van der Waals surface area contributed by atoms with Crippen LogP contribution >= 0.6 is 0 Å². The molecule has 0 saturated carbocycles. The fourth-order valence-electron chi connectivity index (χ4n) is 5.27. The van der Waals surface area contributed by atoms with E-state index in [4.69, 9.17) is 14.2 Å². The molecule has 5 atom stereocenters. The molecule has 8 heteroatoms. The largest absolute Gasteiger partial charge is 0.490 e. The summed E-state index contributed by atoms with van der Waals surface area (Å²) in [6.07, 6.45) is 2.87.